The molecule has 9 rings (SSSR count). The van der Waals surface area contributed by atoms with Crippen molar-refractivity contribution in [2.75, 3.05) is 19.7 Å². The van der Waals surface area contributed by atoms with Gasteiger partial charge in [-0.05, 0) is 78.9 Å². The number of hydrogen-bond donors (Lipinski definition) is 4. The van der Waals surface area contributed by atoms with Crippen LogP contribution in [0.4, 0.5) is 0 Å². The van der Waals surface area contributed by atoms with Crippen molar-refractivity contribution in [1.82, 2.24) is 4.90 Å². The number of Topliss-reactive ketones (excluding diaryl/α,β-unsaturated/α-hetero) is 1. The molecule has 0 heterocycles. The first-order valence-corrected chi connectivity index (χ1v) is 19.1. The van der Waals surface area contributed by atoms with E-state index in [1.807, 2.05) is 60.7 Å². The fourth-order valence-corrected chi connectivity index (χ4v) is 12.0. The van der Waals surface area contributed by atoms with E-state index in [0.717, 1.165) is 54.4 Å². The SMILES string of the molecule is CC12CCC(O)CC13C=CC1(C(C(=O)c4ccc(-c5ccccc5)cc4)=C3)C2CCC2(C)C1CCC2(O)CN(Cc1ccccc1)CC(O)CO. The molecule has 3 fully saturated rings. The predicted octanol–water partition coefficient (Wildman–Crippen LogP) is 6.98. The minimum Gasteiger partial charge on any atom is -0.394 e. The van der Waals surface area contributed by atoms with Crippen LogP contribution in [0.5, 0.6) is 0 Å². The molecular weight excluding hydrogens is 634 g/mol. The van der Waals surface area contributed by atoms with Gasteiger partial charge in [-0.15, -0.1) is 0 Å². The van der Waals surface area contributed by atoms with Gasteiger partial charge in [-0.1, -0.05) is 117 Å². The summed E-state index contributed by atoms with van der Waals surface area (Å²) in [5.41, 5.74) is 2.22. The largest absolute Gasteiger partial charge is 0.394 e. The smallest absolute Gasteiger partial charge is 0.189 e. The first kappa shape index (κ1) is 34.7. The number of allylic oxidation sites excluding steroid dienone is 4. The molecule has 0 aliphatic heterocycles. The lowest BCUT2D eigenvalue weighted by Gasteiger charge is -2.71. The molecule has 6 aliphatic rings. The molecule has 2 spiro atoms. The fraction of sp³-hybridized carbons (Fsp3) is 0.489. The van der Waals surface area contributed by atoms with Crippen LogP contribution in [-0.4, -0.2) is 68.6 Å². The lowest BCUT2D eigenvalue weighted by molar-refractivity contribution is -0.177. The standard InChI is InChI=1S/C45H53NO5/c1-41-20-17-35(48)25-43(41)23-24-45(37(26-43)40(50)34-15-13-33(14-16-34)32-11-7-4-8-12-32)38(41)18-21-42(2)39(45)19-22-44(42,51)30-46(28-36(49)29-47)27-31-9-5-3-6-10-31/h3-16,23-24,26,35-36,38-39,47-49,51H,17-22,25,27-30H2,1-2H3. The average Bonchev–Trinajstić information content (AvgIpc) is 3.41. The van der Waals surface area contributed by atoms with Gasteiger partial charge >= 0.3 is 0 Å². The Labute approximate surface area is 302 Å². The second kappa shape index (κ2) is 12.6. The molecule has 268 valence electrons. The summed E-state index contributed by atoms with van der Waals surface area (Å²) in [6.45, 7) is 5.52. The maximum Gasteiger partial charge on any atom is 0.189 e. The first-order chi connectivity index (χ1) is 24.5. The summed E-state index contributed by atoms with van der Waals surface area (Å²) < 4.78 is 0. The summed E-state index contributed by atoms with van der Waals surface area (Å²) >= 11 is 0. The average molecular weight is 688 g/mol. The molecule has 3 aromatic rings. The molecule has 6 nitrogen and oxygen atoms in total. The molecule has 9 atom stereocenters. The molecule has 3 aromatic carbocycles. The maximum absolute atomic E-state index is 15.0. The van der Waals surface area contributed by atoms with E-state index in [9.17, 15) is 20.4 Å². The lowest BCUT2D eigenvalue weighted by Crippen LogP contribution is -2.67. The van der Waals surface area contributed by atoms with E-state index in [2.05, 4.69) is 61.2 Å². The Morgan fingerprint density at radius 2 is 1.45 bits per heavy atom. The number of benzene rings is 3. The van der Waals surface area contributed by atoms with Gasteiger partial charge in [0.05, 0.1) is 24.4 Å². The number of rotatable bonds is 10. The molecule has 0 radical (unpaired) electrons. The Balaban J connectivity index is 1.19. The van der Waals surface area contributed by atoms with Gasteiger partial charge in [0.1, 0.15) is 0 Å². The van der Waals surface area contributed by atoms with Crippen LogP contribution in [0.25, 0.3) is 11.1 Å². The molecule has 4 N–H and O–H groups in total. The summed E-state index contributed by atoms with van der Waals surface area (Å²) in [6.07, 6.45) is 11.1. The molecule has 6 aliphatic carbocycles. The number of aliphatic hydroxyl groups excluding tert-OH is 3. The molecular formula is C45H53NO5. The second-order valence-corrected chi connectivity index (χ2v) is 17.1. The van der Waals surface area contributed by atoms with E-state index < -0.39 is 28.6 Å². The Hall–Kier alpha value is -3.39. The van der Waals surface area contributed by atoms with Crippen LogP contribution in [0, 0.1) is 33.5 Å². The van der Waals surface area contributed by atoms with Crippen molar-refractivity contribution in [2.45, 2.75) is 83.1 Å². The van der Waals surface area contributed by atoms with Gasteiger partial charge in [-0.3, -0.25) is 9.69 Å². The van der Waals surface area contributed by atoms with E-state index in [0.29, 0.717) is 31.5 Å². The van der Waals surface area contributed by atoms with E-state index in [1.165, 1.54) is 0 Å². The third kappa shape index (κ3) is 5.27. The summed E-state index contributed by atoms with van der Waals surface area (Å²) in [6, 6.07) is 28.4. The van der Waals surface area contributed by atoms with Crippen molar-refractivity contribution < 1.29 is 25.2 Å². The maximum atomic E-state index is 15.0. The van der Waals surface area contributed by atoms with Crippen molar-refractivity contribution in [3.05, 3.63) is 120 Å². The molecule has 0 saturated heterocycles. The van der Waals surface area contributed by atoms with Crippen molar-refractivity contribution in [2.24, 2.45) is 33.5 Å². The molecule has 51 heavy (non-hydrogen) atoms. The molecule has 0 aromatic heterocycles. The van der Waals surface area contributed by atoms with Gasteiger partial charge in [-0.25, -0.2) is 0 Å². The van der Waals surface area contributed by atoms with Crippen molar-refractivity contribution >= 4 is 5.78 Å². The van der Waals surface area contributed by atoms with E-state index >= 15 is 4.79 Å². The number of fused-ring (bicyclic) bond motifs is 1. The Kier molecular flexibility index (Phi) is 8.59. The molecule has 2 bridgehead atoms. The number of nitrogens with zero attached hydrogens (tertiary/aromatic N) is 1. The summed E-state index contributed by atoms with van der Waals surface area (Å²) in [7, 11) is 0. The van der Waals surface area contributed by atoms with Crippen molar-refractivity contribution in [3.8, 4) is 11.1 Å². The van der Waals surface area contributed by atoms with Crippen LogP contribution in [0.2, 0.25) is 0 Å². The van der Waals surface area contributed by atoms with Crippen LogP contribution in [0.15, 0.2) is 109 Å². The summed E-state index contributed by atoms with van der Waals surface area (Å²) in [5.74, 6) is 0.307. The minimum atomic E-state index is -1.06. The lowest BCUT2D eigenvalue weighted by atomic mass is 9.32. The van der Waals surface area contributed by atoms with E-state index in [1.54, 1.807) is 0 Å². The highest BCUT2D eigenvalue weighted by molar-refractivity contribution is 6.10. The second-order valence-electron chi connectivity index (χ2n) is 17.1. The van der Waals surface area contributed by atoms with Crippen LogP contribution in [0.3, 0.4) is 0 Å². The Morgan fingerprint density at radius 3 is 2.16 bits per heavy atom. The fourth-order valence-electron chi connectivity index (χ4n) is 12.0. The Bertz CT molecular complexity index is 1820. The summed E-state index contributed by atoms with van der Waals surface area (Å²) in [4.78, 5) is 17.2. The highest BCUT2D eigenvalue weighted by atomic mass is 16.3. The molecule has 3 saturated carbocycles. The van der Waals surface area contributed by atoms with Gasteiger partial charge in [0, 0.05) is 47.0 Å². The van der Waals surface area contributed by atoms with Gasteiger partial charge in [0.2, 0.25) is 0 Å². The highest BCUT2D eigenvalue weighted by Gasteiger charge is 2.74. The topological polar surface area (TPSA) is 101 Å². The van der Waals surface area contributed by atoms with Gasteiger partial charge in [0.15, 0.2) is 5.78 Å². The predicted molar refractivity (Wildman–Crippen MR) is 200 cm³/mol. The normalized spacial score (nSPS) is 37.0. The zero-order valence-electron chi connectivity index (χ0n) is 30.0. The minimum absolute atomic E-state index is 0.0344. The van der Waals surface area contributed by atoms with Gasteiger partial charge < -0.3 is 20.4 Å². The van der Waals surface area contributed by atoms with Gasteiger partial charge in [0.25, 0.3) is 0 Å². The van der Waals surface area contributed by atoms with Crippen LogP contribution in [0.1, 0.15) is 74.7 Å². The highest BCUT2D eigenvalue weighted by Crippen LogP contribution is 2.78. The number of carbonyl (C=O) groups is 1. The third-order valence-electron chi connectivity index (χ3n) is 14.6. The van der Waals surface area contributed by atoms with Crippen LogP contribution in [-0.2, 0) is 6.54 Å². The van der Waals surface area contributed by atoms with Crippen LogP contribution < -0.4 is 0 Å². The number of carbonyl (C=O) groups excluding carboxylic acids is 1. The number of ketones is 1. The summed E-state index contributed by atoms with van der Waals surface area (Å²) in [5, 5.41) is 44.4. The number of hydrogen-bond acceptors (Lipinski definition) is 6. The van der Waals surface area contributed by atoms with Crippen LogP contribution >= 0.6 is 0 Å². The van der Waals surface area contributed by atoms with Crippen molar-refractivity contribution in [1.29, 1.82) is 0 Å². The third-order valence-corrected chi connectivity index (χ3v) is 14.6. The van der Waals surface area contributed by atoms with E-state index in [4.69, 9.17) is 0 Å². The van der Waals surface area contributed by atoms with Gasteiger partial charge in [-0.2, -0.15) is 0 Å². The Morgan fingerprint density at radius 1 is 0.824 bits per heavy atom. The molecule has 6 heteroatoms. The van der Waals surface area contributed by atoms with Crippen molar-refractivity contribution in [3.63, 3.8) is 0 Å². The monoisotopic (exact) mass is 687 g/mol. The molecule has 0 amide bonds. The molecule has 9 unspecified atom stereocenters. The zero-order valence-corrected chi connectivity index (χ0v) is 30.0. The first-order valence-electron chi connectivity index (χ1n) is 19.1. The zero-order chi connectivity index (χ0) is 35.6. The van der Waals surface area contributed by atoms with E-state index in [-0.39, 0.29) is 41.6 Å². The number of aliphatic hydroxyl groups is 4. The quantitative estimate of drug-likeness (QED) is 0.136.